The van der Waals surface area contributed by atoms with Crippen molar-refractivity contribution in [2.24, 2.45) is 0 Å². The van der Waals surface area contributed by atoms with Gasteiger partial charge in [0.25, 0.3) is 0 Å². The maximum atomic E-state index is 12.8. The molecular formula is C22H24N2O5S. The summed E-state index contributed by atoms with van der Waals surface area (Å²) >= 11 is 0. The number of nitrogens with one attached hydrogen (secondary N) is 1. The molecule has 1 saturated heterocycles. The highest BCUT2D eigenvalue weighted by Crippen LogP contribution is 2.34. The van der Waals surface area contributed by atoms with E-state index < -0.39 is 10.0 Å². The van der Waals surface area contributed by atoms with Crippen LogP contribution in [0.25, 0.3) is 6.08 Å². The number of carbonyl (C=O) groups excluding carboxylic acids is 1. The zero-order valence-corrected chi connectivity index (χ0v) is 17.4. The first-order valence-electron chi connectivity index (χ1n) is 10.0. The van der Waals surface area contributed by atoms with Crippen molar-refractivity contribution in [3.8, 4) is 11.5 Å². The highest BCUT2D eigenvalue weighted by Gasteiger charge is 2.24. The van der Waals surface area contributed by atoms with Crippen molar-refractivity contribution in [2.45, 2.75) is 30.6 Å². The summed E-state index contributed by atoms with van der Waals surface area (Å²) in [6, 6.07) is 11.8. The second-order valence-corrected chi connectivity index (χ2v) is 9.22. The van der Waals surface area contributed by atoms with Gasteiger partial charge in [-0.15, -0.1) is 0 Å². The molecule has 2 heterocycles. The van der Waals surface area contributed by atoms with E-state index in [4.69, 9.17) is 9.47 Å². The predicted molar refractivity (Wildman–Crippen MR) is 114 cm³/mol. The van der Waals surface area contributed by atoms with Crippen LogP contribution in [0.5, 0.6) is 11.5 Å². The van der Waals surface area contributed by atoms with Gasteiger partial charge in [0.1, 0.15) is 0 Å². The third-order valence-corrected chi connectivity index (χ3v) is 7.06. The first-order valence-corrected chi connectivity index (χ1v) is 11.5. The van der Waals surface area contributed by atoms with E-state index in [-0.39, 0.29) is 17.6 Å². The van der Waals surface area contributed by atoms with Gasteiger partial charge in [0, 0.05) is 30.9 Å². The van der Waals surface area contributed by atoms with Gasteiger partial charge < -0.3 is 14.8 Å². The molecule has 0 atom stereocenters. The van der Waals surface area contributed by atoms with Gasteiger partial charge in [-0.25, -0.2) is 8.42 Å². The number of carbonyl (C=O) groups is 1. The van der Waals surface area contributed by atoms with E-state index in [0.717, 1.165) is 31.2 Å². The minimum Gasteiger partial charge on any atom is -0.454 e. The molecule has 0 aliphatic carbocycles. The Kier molecular flexibility index (Phi) is 6.06. The molecule has 0 unspecified atom stereocenters. The number of amides is 1. The number of anilines is 1. The number of benzene rings is 2. The van der Waals surface area contributed by atoms with Gasteiger partial charge >= 0.3 is 0 Å². The number of nitrogens with zero attached hydrogens (tertiary/aromatic N) is 1. The fourth-order valence-corrected chi connectivity index (χ4v) is 5.03. The first-order chi connectivity index (χ1) is 14.5. The van der Waals surface area contributed by atoms with Crippen molar-refractivity contribution >= 4 is 27.7 Å². The van der Waals surface area contributed by atoms with Crippen LogP contribution in [0.1, 0.15) is 31.2 Å². The predicted octanol–water partition coefficient (Wildman–Crippen LogP) is 3.63. The molecule has 0 aromatic heterocycles. The third kappa shape index (κ3) is 4.66. The molecule has 4 rings (SSSR count). The molecule has 8 heteroatoms. The summed E-state index contributed by atoms with van der Waals surface area (Å²) < 4.78 is 37.8. The Morgan fingerprint density at radius 1 is 0.933 bits per heavy atom. The number of hydrogen-bond acceptors (Lipinski definition) is 5. The molecule has 0 spiro atoms. The second-order valence-electron chi connectivity index (χ2n) is 7.28. The van der Waals surface area contributed by atoms with E-state index in [9.17, 15) is 13.2 Å². The van der Waals surface area contributed by atoms with Gasteiger partial charge in [0.05, 0.1) is 4.90 Å². The monoisotopic (exact) mass is 428 g/mol. The van der Waals surface area contributed by atoms with Gasteiger partial charge in [-0.3, -0.25) is 4.79 Å². The lowest BCUT2D eigenvalue weighted by Crippen LogP contribution is -2.31. The molecule has 0 saturated carbocycles. The topological polar surface area (TPSA) is 84.9 Å². The van der Waals surface area contributed by atoms with Crippen LogP contribution in [0.2, 0.25) is 0 Å². The zero-order chi connectivity index (χ0) is 21.0. The van der Waals surface area contributed by atoms with Crippen LogP contribution in [0.3, 0.4) is 0 Å². The Morgan fingerprint density at radius 3 is 2.37 bits per heavy atom. The SMILES string of the molecule is O=C(/C=C/c1ccc(S(=O)(=O)N2CCCCCC2)cc1)Nc1ccc2c(c1)OCO2. The normalized spacial score (nSPS) is 17.1. The standard InChI is InChI=1S/C22H24N2O5S/c25-22(23-18-8-11-20-21(15-18)29-16-28-20)12-7-17-5-9-19(10-6-17)30(26,27)24-13-3-1-2-4-14-24/h5-12,15H,1-4,13-14,16H2,(H,23,25)/b12-7+. The Labute approximate surface area is 176 Å². The van der Waals surface area contributed by atoms with Crippen molar-refractivity contribution < 1.29 is 22.7 Å². The molecule has 7 nitrogen and oxygen atoms in total. The van der Waals surface area contributed by atoms with Crippen molar-refractivity contribution in [1.82, 2.24) is 4.31 Å². The van der Waals surface area contributed by atoms with Crippen molar-refractivity contribution in [3.63, 3.8) is 0 Å². The summed E-state index contributed by atoms with van der Waals surface area (Å²) in [7, 11) is -3.47. The summed E-state index contributed by atoms with van der Waals surface area (Å²) in [6.07, 6.45) is 7.00. The van der Waals surface area contributed by atoms with Crippen LogP contribution in [-0.2, 0) is 14.8 Å². The van der Waals surface area contributed by atoms with Crippen LogP contribution in [0.15, 0.2) is 53.4 Å². The lowest BCUT2D eigenvalue weighted by Gasteiger charge is -2.19. The van der Waals surface area contributed by atoms with Gasteiger partial charge in [-0.05, 0) is 48.7 Å². The lowest BCUT2D eigenvalue weighted by atomic mass is 10.2. The molecule has 1 N–H and O–H groups in total. The number of sulfonamides is 1. The highest BCUT2D eigenvalue weighted by molar-refractivity contribution is 7.89. The molecule has 2 aromatic carbocycles. The van der Waals surface area contributed by atoms with Crippen LogP contribution < -0.4 is 14.8 Å². The largest absolute Gasteiger partial charge is 0.454 e. The summed E-state index contributed by atoms with van der Waals surface area (Å²) in [5.74, 6) is 0.951. The van der Waals surface area contributed by atoms with Crippen LogP contribution in [0, 0.1) is 0 Å². The van der Waals surface area contributed by atoms with Gasteiger partial charge in [0.15, 0.2) is 11.5 Å². The van der Waals surface area contributed by atoms with Crippen molar-refractivity contribution in [1.29, 1.82) is 0 Å². The highest BCUT2D eigenvalue weighted by atomic mass is 32.2. The molecule has 2 aromatic rings. The summed E-state index contributed by atoms with van der Waals surface area (Å²) in [5, 5.41) is 2.76. The van der Waals surface area contributed by atoms with Crippen molar-refractivity contribution in [3.05, 3.63) is 54.1 Å². The lowest BCUT2D eigenvalue weighted by molar-refractivity contribution is -0.111. The molecule has 0 radical (unpaired) electrons. The third-order valence-electron chi connectivity index (χ3n) is 5.15. The molecular weight excluding hydrogens is 404 g/mol. The van der Waals surface area contributed by atoms with E-state index in [1.807, 2.05) is 0 Å². The Morgan fingerprint density at radius 2 is 1.63 bits per heavy atom. The molecule has 1 amide bonds. The molecule has 2 aliphatic heterocycles. The maximum Gasteiger partial charge on any atom is 0.248 e. The fraction of sp³-hybridized carbons (Fsp3) is 0.318. The summed E-state index contributed by atoms with van der Waals surface area (Å²) in [6.45, 7) is 1.32. The Balaban J connectivity index is 1.39. The molecule has 0 bridgehead atoms. The zero-order valence-electron chi connectivity index (χ0n) is 16.5. The smallest absolute Gasteiger partial charge is 0.248 e. The number of ether oxygens (including phenoxy) is 2. The summed E-state index contributed by atoms with van der Waals surface area (Å²) in [4.78, 5) is 12.5. The molecule has 1 fully saturated rings. The van der Waals surface area contributed by atoms with Gasteiger partial charge in [-0.1, -0.05) is 25.0 Å². The molecule has 2 aliphatic rings. The fourth-order valence-electron chi connectivity index (χ4n) is 3.51. The number of hydrogen-bond donors (Lipinski definition) is 1. The molecule has 30 heavy (non-hydrogen) atoms. The quantitative estimate of drug-likeness (QED) is 0.735. The van der Waals surface area contributed by atoms with E-state index in [1.165, 1.54) is 6.08 Å². The van der Waals surface area contributed by atoms with E-state index in [1.54, 1.807) is 52.8 Å². The van der Waals surface area contributed by atoms with Gasteiger partial charge in [0.2, 0.25) is 22.7 Å². The number of fused-ring (bicyclic) bond motifs is 1. The minimum absolute atomic E-state index is 0.177. The maximum absolute atomic E-state index is 12.8. The Bertz CT molecular complexity index is 1040. The van der Waals surface area contributed by atoms with E-state index >= 15 is 0 Å². The van der Waals surface area contributed by atoms with E-state index in [2.05, 4.69) is 5.32 Å². The summed E-state index contributed by atoms with van der Waals surface area (Å²) in [5.41, 5.74) is 1.35. The first kappa shape index (κ1) is 20.4. The van der Waals surface area contributed by atoms with Crippen LogP contribution in [0.4, 0.5) is 5.69 Å². The van der Waals surface area contributed by atoms with Crippen LogP contribution >= 0.6 is 0 Å². The average Bonchev–Trinajstić information content (AvgIpc) is 3.03. The number of rotatable bonds is 5. The average molecular weight is 429 g/mol. The minimum atomic E-state index is -3.47. The van der Waals surface area contributed by atoms with E-state index in [0.29, 0.717) is 30.3 Å². The second kappa shape index (κ2) is 8.89. The molecule has 158 valence electrons. The van der Waals surface area contributed by atoms with Crippen molar-refractivity contribution in [2.75, 3.05) is 25.2 Å². The van der Waals surface area contributed by atoms with Gasteiger partial charge in [-0.2, -0.15) is 4.31 Å². The van der Waals surface area contributed by atoms with Crippen LogP contribution in [-0.4, -0.2) is 38.5 Å². The Hall–Kier alpha value is -2.84.